The summed E-state index contributed by atoms with van der Waals surface area (Å²) in [6.45, 7) is 2.15. The van der Waals surface area contributed by atoms with E-state index in [0.717, 1.165) is 43.4 Å². The van der Waals surface area contributed by atoms with E-state index in [9.17, 15) is 0 Å². The van der Waals surface area contributed by atoms with Crippen molar-refractivity contribution >= 4 is 11.8 Å². The lowest BCUT2D eigenvalue weighted by atomic mass is 9.97. The lowest BCUT2D eigenvalue weighted by Crippen LogP contribution is -2.27. The normalized spacial score (nSPS) is 27.4. The van der Waals surface area contributed by atoms with Crippen molar-refractivity contribution in [3.8, 4) is 0 Å². The van der Waals surface area contributed by atoms with Crippen molar-refractivity contribution in [2.45, 2.75) is 31.1 Å². The number of hydrogen-bond acceptors (Lipinski definition) is 5. The minimum absolute atomic E-state index is 0.507. The highest BCUT2D eigenvalue weighted by Crippen LogP contribution is 2.32. The number of nitrogens with zero attached hydrogens (tertiary/aromatic N) is 2. The molecule has 0 saturated carbocycles. The Bertz CT molecular complexity index is 343. The molecule has 2 fully saturated rings. The third kappa shape index (κ3) is 2.11. The summed E-state index contributed by atoms with van der Waals surface area (Å²) in [5, 5.41) is 7.52. The van der Waals surface area contributed by atoms with Crippen LogP contribution in [0.15, 0.2) is 4.52 Å². The van der Waals surface area contributed by atoms with Crippen LogP contribution in [-0.2, 0) is 0 Å². The molecule has 0 aliphatic carbocycles. The van der Waals surface area contributed by atoms with Gasteiger partial charge in [-0.25, -0.2) is 0 Å². The molecule has 1 aromatic heterocycles. The van der Waals surface area contributed by atoms with Gasteiger partial charge in [-0.15, -0.1) is 0 Å². The third-order valence-electron chi connectivity index (χ3n) is 3.44. The van der Waals surface area contributed by atoms with Gasteiger partial charge in [-0.1, -0.05) is 5.16 Å². The average molecular weight is 239 g/mol. The fourth-order valence-electron chi connectivity index (χ4n) is 2.39. The Hall–Kier alpha value is -0.550. The molecule has 3 rings (SSSR count). The lowest BCUT2D eigenvalue weighted by molar-refractivity contribution is 0.348. The Morgan fingerprint density at radius 1 is 1.19 bits per heavy atom. The molecule has 88 valence electrons. The largest absolute Gasteiger partial charge is 0.339 e. The topological polar surface area (TPSA) is 51.0 Å². The molecule has 1 atom stereocenters. The van der Waals surface area contributed by atoms with Crippen LogP contribution in [0.1, 0.15) is 42.8 Å². The first kappa shape index (κ1) is 10.6. The number of piperidine rings is 1. The quantitative estimate of drug-likeness (QED) is 0.852. The van der Waals surface area contributed by atoms with E-state index < -0.39 is 0 Å². The van der Waals surface area contributed by atoms with Gasteiger partial charge in [0.25, 0.3) is 0 Å². The van der Waals surface area contributed by atoms with E-state index in [4.69, 9.17) is 4.52 Å². The molecule has 0 radical (unpaired) electrons. The summed E-state index contributed by atoms with van der Waals surface area (Å²) >= 11 is 1.98. The molecular weight excluding hydrogens is 222 g/mol. The van der Waals surface area contributed by atoms with Crippen LogP contribution in [0.3, 0.4) is 0 Å². The van der Waals surface area contributed by atoms with E-state index in [1.807, 2.05) is 11.8 Å². The first-order chi connectivity index (χ1) is 7.93. The molecule has 1 N–H and O–H groups in total. The maximum absolute atomic E-state index is 5.41. The molecule has 3 heterocycles. The van der Waals surface area contributed by atoms with Gasteiger partial charge in [-0.3, -0.25) is 0 Å². The van der Waals surface area contributed by atoms with Gasteiger partial charge in [-0.05, 0) is 38.1 Å². The van der Waals surface area contributed by atoms with Gasteiger partial charge in [0.05, 0.1) is 0 Å². The van der Waals surface area contributed by atoms with Crippen LogP contribution in [0.4, 0.5) is 0 Å². The first-order valence-electron chi connectivity index (χ1n) is 6.05. The molecule has 0 amide bonds. The maximum Gasteiger partial charge on any atom is 0.230 e. The number of rotatable bonds is 2. The minimum atomic E-state index is 0.507. The van der Waals surface area contributed by atoms with Crippen molar-refractivity contribution in [3.63, 3.8) is 0 Å². The van der Waals surface area contributed by atoms with Crippen LogP contribution >= 0.6 is 11.8 Å². The van der Waals surface area contributed by atoms with E-state index in [1.165, 1.54) is 12.2 Å². The van der Waals surface area contributed by atoms with E-state index >= 15 is 0 Å². The lowest BCUT2D eigenvalue weighted by Gasteiger charge is -2.19. The molecular formula is C11H17N3OS. The monoisotopic (exact) mass is 239 g/mol. The van der Waals surface area contributed by atoms with Crippen LogP contribution in [0.2, 0.25) is 0 Å². The predicted octanol–water partition coefficient (Wildman–Crippen LogP) is 1.76. The SMILES string of the molecule is C1CC(c2noc(C3CCSC3)n2)CCN1. The van der Waals surface area contributed by atoms with Crippen molar-refractivity contribution in [3.05, 3.63) is 11.7 Å². The Labute approximate surface area is 99.6 Å². The third-order valence-corrected chi connectivity index (χ3v) is 4.60. The molecule has 4 nitrogen and oxygen atoms in total. The summed E-state index contributed by atoms with van der Waals surface area (Å²) in [5.41, 5.74) is 0. The van der Waals surface area contributed by atoms with Crippen molar-refractivity contribution in [1.82, 2.24) is 15.5 Å². The smallest absolute Gasteiger partial charge is 0.230 e. The highest BCUT2D eigenvalue weighted by atomic mass is 32.2. The second-order valence-electron chi connectivity index (χ2n) is 4.58. The van der Waals surface area contributed by atoms with Gasteiger partial charge in [0.15, 0.2) is 5.82 Å². The zero-order chi connectivity index (χ0) is 10.8. The van der Waals surface area contributed by atoms with E-state index in [-0.39, 0.29) is 0 Å². The highest BCUT2D eigenvalue weighted by molar-refractivity contribution is 7.99. The summed E-state index contributed by atoms with van der Waals surface area (Å²) in [4.78, 5) is 4.60. The van der Waals surface area contributed by atoms with Crippen molar-refractivity contribution < 1.29 is 4.52 Å². The molecule has 2 aliphatic rings. The minimum Gasteiger partial charge on any atom is -0.339 e. The fraction of sp³-hybridized carbons (Fsp3) is 0.818. The van der Waals surface area contributed by atoms with Crippen LogP contribution in [-0.4, -0.2) is 34.7 Å². The molecule has 5 heteroatoms. The standard InChI is InChI=1S/C11H17N3OS/c1-4-12-5-2-8(1)10-13-11(15-14-10)9-3-6-16-7-9/h8-9,12H,1-7H2. The number of hydrogen-bond donors (Lipinski definition) is 1. The Kier molecular flexibility index (Phi) is 3.15. The summed E-state index contributed by atoms with van der Waals surface area (Å²) in [7, 11) is 0. The first-order valence-corrected chi connectivity index (χ1v) is 7.21. The molecule has 2 saturated heterocycles. The number of aromatic nitrogens is 2. The zero-order valence-corrected chi connectivity index (χ0v) is 10.1. The van der Waals surface area contributed by atoms with Gasteiger partial charge >= 0.3 is 0 Å². The number of nitrogens with one attached hydrogen (secondary N) is 1. The molecule has 1 unspecified atom stereocenters. The molecule has 0 bridgehead atoms. The second kappa shape index (κ2) is 4.75. The molecule has 16 heavy (non-hydrogen) atoms. The number of thioether (sulfide) groups is 1. The van der Waals surface area contributed by atoms with E-state index in [0.29, 0.717) is 11.8 Å². The van der Waals surface area contributed by atoms with Crippen molar-refractivity contribution in [2.75, 3.05) is 24.6 Å². The Balaban J connectivity index is 1.71. The van der Waals surface area contributed by atoms with Crippen LogP contribution in [0.25, 0.3) is 0 Å². The molecule has 1 aromatic rings. The molecule has 0 aromatic carbocycles. The summed E-state index contributed by atoms with van der Waals surface area (Å²) in [6, 6.07) is 0. The van der Waals surface area contributed by atoms with Crippen molar-refractivity contribution in [1.29, 1.82) is 0 Å². The van der Waals surface area contributed by atoms with Crippen LogP contribution in [0.5, 0.6) is 0 Å². The Morgan fingerprint density at radius 3 is 2.81 bits per heavy atom. The van der Waals surface area contributed by atoms with Gasteiger partial charge in [0.2, 0.25) is 5.89 Å². The van der Waals surface area contributed by atoms with E-state index in [2.05, 4.69) is 15.5 Å². The van der Waals surface area contributed by atoms with E-state index in [1.54, 1.807) is 0 Å². The molecule has 2 aliphatic heterocycles. The summed E-state index contributed by atoms with van der Waals surface area (Å²) in [5.74, 6) is 5.21. The zero-order valence-electron chi connectivity index (χ0n) is 9.32. The predicted molar refractivity (Wildman–Crippen MR) is 63.8 cm³/mol. The van der Waals surface area contributed by atoms with Gasteiger partial charge in [0, 0.05) is 17.6 Å². The van der Waals surface area contributed by atoms with Crippen LogP contribution in [0, 0.1) is 0 Å². The molecule has 0 spiro atoms. The average Bonchev–Trinajstić information content (AvgIpc) is 3.01. The highest BCUT2D eigenvalue weighted by Gasteiger charge is 2.26. The summed E-state index contributed by atoms with van der Waals surface area (Å²) in [6.07, 6.45) is 3.47. The summed E-state index contributed by atoms with van der Waals surface area (Å²) < 4.78 is 5.41. The second-order valence-corrected chi connectivity index (χ2v) is 5.73. The van der Waals surface area contributed by atoms with Crippen molar-refractivity contribution in [2.24, 2.45) is 0 Å². The van der Waals surface area contributed by atoms with Gasteiger partial charge < -0.3 is 9.84 Å². The Morgan fingerprint density at radius 2 is 2.06 bits per heavy atom. The fourth-order valence-corrected chi connectivity index (χ4v) is 3.60. The van der Waals surface area contributed by atoms with Gasteiger partial charge in [-0.2, -0.15) is 16.7 Å². The van der Waals surface area contributed by atoms with Gasteiger partial charge in [0.1, 0.15) is 0 Å². The van der Waals surface area contributed by atoms with Crippen LogP contribution < -0.4 is 5.32 Å². The maximum atomic E-state index is 5.41.